The van der Waals surface area contributed by atoms with Crippen molar-refractivity contribution >= 4 is 6.09 Å². The number of carbonyl (C=O) groups is 1. The van der Waals surface area contributed by atoms with Crippen LogP contribution in [0.3, 0.4) is 0 Å². The Bertz CT molecular complexity index is 348. The summed E-state index contributed by atoms with van der Waals surface area (Å²) in [4.78, 5) is 12.1. The molecular formula is C17H33N3O2. The SMILES string of the molecule is CC(C)(C)OC(=O)NC1CCCCCC1NCC1CCCN1. The van der Waals surface area contributed by atoms with E-state index in [0.29, 0.717) is 12.1 Å². The van der Waals surface area contributed by atoms with E-state index in [1.807, 2.05) is 20.8 Å². The maximum atomic E-state index is 12.1. The summed E-state index contributed by atoms with van der Waals surface area (Å²) >= 11 is 0. The first-order chi connectivity index (χ1) is 10.4. The zero-order valence-electron chi connectivity index (χ0n) is 14.4. The van der Waals surface area contributed by atoms with E-state index in [-0.39, 0.29) is 12.1 Å². The van der Waals surface area contributed by atoms with Crippen molar-refractivity contribution in [2.24, 2.45) is 0 Å². The summed E-state index contributed by atoms with van der Waals surface area (Å²) in [7, 11) is 0. The standard InChI is InChI=1S/C17H33N3O2/c1-17(2,3)22-16(21)20-15-10-6-4-5-9-14(15)19-12-13-8-7-11-18-13/h13-15,18-19H,4-12H2,1-3H3,(H,20,21). The van der Waals surface area contributed by atoms with Crippen molar-refractivity contribution in [1.82, 2.24) is 16.0 Å². The molecule has 3 atom stereocenters. The molecule has 0 aromatic carbocycles. The first kappa shape index (κ1) is 17.5. The van der Waals surface area contributed by atoms with Gasteiger partial charge < -0.3 is 20.7 Å². The second-order valence-electron chi connectivity index (χ2n) is 7.70. The number of amides is 1. The van der Waals surface area contributed by atoms with Crippen molar-refractivity contribution in [3.05, 3.63) is 0 Å². The zero-order chi connectivity index (χ0) is 16.0. The molecule has 2 fully saturated rings. The van der Waals surface area contributed by atoms with Gasteiger partial charge in [0.2, 0.25) is 0 Å². The third-order valence-electron chi connectivity index (χ3n) is 4.51. The lowest BCUT2D eigenvalue weighted by molar-refractivity contribution is 0.0489. The molecular weight excluding hydrogens is 278 g/mol. The van der Waals surface area contributed by atoms with Gasteiger partial charge in [0.05, 0.1) is 0 Å². The first-order valence-electron chi connectivity index (χ1n) is 8.90. The number of nitrogens with one attached hydrogen (secondary N) is 3. The molecule has 0 spiro atoms. The van der Waals surface area contributed by atoms with Gasteiger partial charge in [-0.15, -0.1) is 0 Å². The summed E-state index contributed by atoms with van der Waals surface area (Å²) in [5, 5.41) is 10.3. The minimum Gasteiger partial charge on any atom is -0.444 e. The van der Waals surface area contributed by atoms with Crippen LogP contribution in [0.5, 0.6) is 0 Å². The van der Waals surface area contributed by atoms with Crippen LogP contribution < -0.4 is 16.0 Å². The van der Waals surface area contributed by atoms with Crippen molar-refractivity contribution in [2.75, 3.05) is 13.1 Å². The van der Waals surface area contributed by atoms with Crippen LogP contribution >= 0.6 is 0 Å². The van der Waals surface area contributed by atoms with Crippen LogP contribution in [-0.2, 0) is 4.74 Å². The van der Waals surface area contributed by atoms with Gasteiger partial charge in [0, 0.05) is 24.7 Å². The molecule has 3 N–H and O–H groups in total. The van der Waals surface area contributed by atoms with E-state index in [1.165, 1.54) is 32.1 Å². The van der Waals surface area contributed by atoms with Gasteiger partial charge in [-0.3, -0.25) is 0 Å². The molecule has 128 valence electrons. The van der Waals surface area contributed by atoms with Gasteiger partial charge in [-0.1, -0.05) is 19.3 Å². The Kier molecular flexibility index (Phi) is 6.50. The number of rotatable bonds is 4. The Balaban J connectivity index is 1.84. The molecule has 3 unspecified atom stereocenters. The molecule has 0 radical (unpaired) electrons. The van der Waals surface area contributed by atoms with E-state index in [1.54, 1.807) is 0 Å². The summed E-state index contributed by atoms with van der Waals surface area (Å²) < 4.78 is 5.42. The normalized spacial score (nSPS) is 29.9. The molecule has 2 aliphatic rings. The minimum atomic E-state index is -0.439. The van der Waals surface area contributed by atoms with Crippen molar-refractivity contribution in [2.45, 2.75) is 89.4 Å². The van der Waals surface area contributed by atoms with Crippen LogP contribution in [0.25, 0.3) is 0 Å². The largest absolute Gasteiger partial charge is 0.444 e. The predicted octanol–water partition coefficient (Wildman–Crippen LogP) is 2.55. The lowest BCUT2D eigenvalue weighted by Gasteiger charge is -2.29. The van der Waals surface area contributed by atoms with Crippen LogP contribution in [0.15, 0.2) is 0 Å². The summed E-state index contributed by atoms with van der Waals surface area (Å²) in [6.07, 6.45) is 8.09. The summed E-state index contributed by atoms with van der Waals surface area (Å²) in [6, 6.07) is 1.13. The molecule has 1 saturated heterocycles. The molecule has 1 aliphatic heterocycles. The lowest BCUT2D eigenvalue weighted by atomic mass is 10.0. The van der Waals surface area contributed by atoms with Crippen LogP contribution in [0.1, 0.15) is 65.7 Å². The van der Waals surface area contributed by atoms with Crippen molar-refractivity contribution < 1.29 is 9.53 Å². The number of ether oxygens (including phenoxy) is 1. The average molecular weight is 311 g/mol. The molecule has 1 saturated carbocycles. The number of alkyl carbamates (subject to hydrolysis) is 1. The van der Waals surface area contributed by atoms with E-state index < -0.39 is 5.60 Å². The third-order valence-corrected chi connectivity index (χ3v) is 4.51. The van der Waals surface area contributed by atoms with Gasteiger partial charge in [0.15, 0.2) is 0 Å². The van der Waals surface area contributed by atoms with Crippen molar-refractivity contribution in [3.8, 4) is 0 Å². The fraction of sp³-hybridized carbons (Fsp3) is 0.941. The second-order valence-corrected chi connectivity index (χ2v) is 7.70. The Hall–Kier alpha value is -0.810. The molecule has 2 rings (SSSR count). The highest BCUT2D eigenvalue weighted by molar-refractivity contribution is 5.68. The zero-order valence-corrected chi connectivity index (χ0v) is 14.4. The maximum Gasteiger partial charge on any atom is 0.407 e. The van der Waals surface area contributed by atoms with Crippen molar-refractivity contribution in [3.63, 3.8) is 0 Å². The predicted molar refractivity (Wildman–Crippen MR) is 89.1 cm³/mol. The van der Waals surface area contributed by atoms with Gasteiger partial charge in [0.1, 0.15) is 5.60 Å². The van der Waals surface area contributed by atoms with Crippen LogP contribution in [-0.4, -0.2) is 42.9 Å². The van der Waals surface area contributed by atoms with Crippen LogP contribution in [0.2, 0.25) is 0 Å². The second kappa shape index (κ2) is 8.16. The Morgan fingerprint density at radius 1 is 1.09 bits per heavy atom. The van der Waals surface area contributed by atoms with Crippen molar-refractivity contribution in [1.29, 1.82) is 0 Å². The first-order valence-corrected chi connectivity index (χ1v) is 8.90. The lowest BCUT2D eigenvalue weighted by Crippen LogP contribution is -2.52. The quantitative estimate of drug-likeness (QED) is 0.698. The molecule has 5 nitrogen and oxygen atoms in total. The molecule has 5 heteroatoms. The van der Waals surface area contributed by atoms with Gasteiger partial charge in [-0.05, 0) is 53.0 Å². The van der Waals surface area contributed by atoms with E-state index in [0.717, 1.165) is 25.9 Å². The third kappa shape index (κ3) is 6.13. The maximum absolute atomic E-state index is 12.1. The highest BCUT2D eigenvalue weighted by Gasteiger charge is 2.27. The summed E-state index contributed by atoms with van der Waals surface area (Å²) in [5.41, 5.74) is -0.439. The number of carbonyl (C=O) groups excluding carboxylic acids is 1. The van der Waals surface area contributed by atoms with E-state index in [2.05, 4.69) is 16.0 Å². The van der Waals surface area contributed by atoms with Gasteiger partial charge in [0.25, 0.3) is 0 Å². The fourth-order valence-corrected chi connectivity index (χ4v) is 3.41. The van der Waals surface area contributed by atoms with E-state index >= 15 is 0 Å². The Morgan fingerprint density at radius 2 is 1.82 bits per heavy atom. The Labute approximate surface area is 134 Å². The highest BCUT2D eigenvalue weighted by Crippen LogP contribution is 2.19. The average Bonchev–Trinajstić information content (AvgIpc) is 2.83. The highest BCUT2D eigenvalue weighted by atomic mass is 16.6. The molecule has 0 bridgehead atoms. The fourth-order valence-electron chi connectivity index (χ4n) is 3.41. The molecule has 1 aliphatic carbocycles. The number of hydrogen-bond donors (Lipinski definition) is 3. The number of hydrogen-bond acceptors (Lipinski definition) is 4. The summed E-state index contributed by atoms with van der Waals surface area (Å²) in [6.45, 7) is 7.84. The Morgan fingerprint density at radius 3 is 2.45 bits per heavy atom. The monoisotopic (exact) mass is 311 g/mol. The van der Waals surface area contributed by atoms with Gasteiger partial charge in [-0.2, -0.15) is 0 Å². The molecule has 1 heterocycles. The summed E-state index contributed by atoms with van der Waals surface area (Å²) in [5.74, 6) is 0. The van der Waals surface area contributed by atoms with Crippen LogP contribution in [0, 0.1) is 0 Å². The topological polar surface area (TPSA) is 62.4 Å². The van der Waals surface area contributed by atoms with Gasteiger partial charge >= 0.3 is 6.09 Å². The molecule has 0 aromatic rings. The van der Waals surface area contributed by atoms with Crippen LogP contribution in [0.4, 0.5) is 4.79 Å². The molecule has 0 aromatic heterocycles. The van der Waals surface area contributed by atoms with Gasteiger partial charge in [-0.25, -0.2) is 4.79 Å². The van der Waals surface area contributed by atoms with E-state index in [4.69, 9.17) is 4.74 Å². The molecule has 22 heavy (non-hydrogen) atoms. The van der Waals surface area contributed by atoms with E-state index in [9.17, 15) is 4.79 Å². The minimum absolute atomic E-state index is 0.179. The molecule has 1 amide bonds. The smallest absolute Gasteiger partial charge is 0.407 e.